The van der Waals surface area contributed by atoms with Gasteiger partial charge < -0.3 is 10.0 Å². The first-order valence-electron chi connectivity index (χ1n) is 5.55. The first-order valence-corrected chi connectivity index (χ1v) is 5.92. The normalized spacial score (nSPS) is 24.7. The van der Waals surface area contributed by atoms with Crippen LogP contribution >= 0.6 is 11.6 Å². The lowest BCUT2D eigenvalue weighted by molar-refractivity contribution is 0.106. The molecule has 2 heterocycles. The van der Waals surface area contributed by atoms with E-state index in [0.717, 1.165) is 18.7 Å². The molecule has 1 amide bonds. The standard InChI is InChI=1S/C11H14ClN3O2/c1-7-4-8(2-3-15(7)11(16)17)10-13-5-9(12)6-14-10/h5-8H,2-4H2,1H3,(H,16,17)/t7-,8?/m0/s1. The van der Waals surface area contributed by atoms with Gasteiger partial charge in [0.2, 0.25) is 0 Å². The van der Waals surface area contributed by atoms with Gasteiger partial charge >= 0.3 is 6.09 Å². The Morgan fingerprint density at radius 2 is 2.18 bits per heavy atom. The number of halogens is 1. The molecule has 0 radical (unpaired) electrons. The highest BCUT2D eigenvalue weighted by Gasteiger charge is 2.30. The summed E-state index contributed by atoms with van der Waals surface area (Å²) >= 11 is 5.73. The average molecular weight is 256 g/mol. The predicted molar refractivity (Wildman–Crippen MR) is 63.2 cm³/mol. The van der Waals surface area contributed by atoms with E-state index < -0.39 is 6.09 Å². The number of hydrogen-bond donors (Lipinski definition) is 1. The maximum absolute atomic E-state index is 10.9. The van der Waals surface area contributed by atoms with Gasteiger partial charge in [-0.05, 0) is 19.8 Å². The minimum atomic E-state index is -0.854. The fraction of sp³-hybridized carbons (Fsp3) is 0.545. The number of hydrogen-bond acceptors (Lipinski definition) is 3. The van der Waals surface area contributed by atoms with Crippen molar-refractivity contribution in [3.05, 3.63) is 23.2 Å². The van der Waals surface area contributed by atoms with Crippen LogP contribution in [0.2, 0.25) is 5.02 Å². The maximum Gasteiger partial charge on any atom is 0.407 e. The SMILES string of the molecule is C[C@H]1CC(c2ncc(Cl)cn2)CCN1C(=O)O. The summed E-state index contributed by atoms with van der Waals surface area (Å²) in [6.45, 7) is 2.45. The minimum absolute atomic E-state index is 0.00512. The van der Waals surface area contributed by atoms with Gasteiger partial charge in [0.25, 0.3) is 0 Å². The largest absolute Gasteiger partial charge is 0.465 e. The fourth-order valence-electron chi connectivity index (χ4n) is 2.22. The quantitative estimate of drug-likeness (QED) is 0.837. The third-order valence-electron chi connectivity index (χ3n) is 3.13. The number of aromatic nitrogens is 2. The summed E-state index contributed by atoms with van der Waals surface area (Å²) in [5, 5.41) is 9.50. The van der Waals surface area contributed by atoms with Crippen molar-refractivity contribution in [2.45, 2.75) is 31.7 Å². The van der Waals surface area contributed by atoms with Crippen LogP contribution < -0.4 is 0 Å². The number of rotatable bonds is 1. The Morgan fingerprint density at radius 1 is 1.53 bits per heavy atom. The second kappa shape index (κ2) is 4.87. The number of amides is 1. The van der Waals surface area contributed by atoms with Gasteiger partial charge in [-0.1, -0.05) is 11.6 Å². The molecule has 17 heavy (non-hydrogen) atoms. The van der Waals surface area contributed by atoms with Crippen LogP contribution in [0.3, 0.4) is 0 Å². The predicted octanol–water partition coefficient (Wildman–Crippen LogP) is 2.38. The third-order valence-corrected chi connectivity index (χ3v) is 3.32. The average Bonchev–Trinajstić information content (AvgIpc) is 2.29. The van der Waals surface area contributed by atoms with Crippen molar-refractivity contribution in [2.24, 2.45) is 0 Å². The second-order valence-corrected chi connectivity index (χ2v) is 4.74. The molecular formula is C11H14ClN3O2. The van der Waals surface area contributed by atoms with Crippen LogP contribution in [0.25, 0.3) is 0 Å². The molecule has 2 atom stereocenters. The monoisotopic (exact) mass is 255 g/mol. The van der Waals surface area contributed by atoms with E-state index in [0.29, 0.717) is 11.6 Å². The van der Waals surface area contributed by atoms with Crippen LogP contribution in [0.4, 0.5) is 4.79 Å². The van der Waals surface area contributed by atoms with Crippen molar-refractivity contribution in [3.63, 3.8) is 0 Å². The molecule has 1 aromatic heterocycles. The lowest BCUT2D eigenvalue weighted by atomic mass is 9.91. The highest BCUT2D eigenvalue weighted by atomic mass is 35.5. The van der Waals surface area contributed by atoms with Crippen LogP contribution in [-0.2, 0) is 0 Å². The van der Waals surface area contributed by atoms with Gasteiger partial charge in [0.1, 0.15) is 5.82 Å². The number of likely N-dealkylation sites (tertiary alicyclic amines) is 1. The van der Waals surface area contributed by atoms with E-state index in [-0.39, 0.29) is 12.0 Å². The van der Waals surface area contributed by atoms with E-state index in [1.54, 1.807) is 12.4 Å². The summed E-state index contributed by atoms with van der Waals surface area (Å²) in [7, 11) is 0. The first-order chi connectivity index (χ1) is 8.08. The molecule has 5 nitrogen and oxygen atoms in total. The number of carboxylic acid groups (broad SMARTS) is 1. The van der Waals surface area contributed by atoms with E-state index in [4.69, 9.17) is 16.7 Å². The summed E-state index contributed by atoms with van der Waals surface area (Å²) in [6.07, 6.45) is 3.83. The molecular weight excluding hydrogens is 242 g/mol. The van der Waals surface area contributed by atoms with Crippen molar-refractivity contribution in [3.8, 4) is 0 Å². The third kappa shape index (κ3) is 2.66. The number of piperidine rings is 1. The minimum Gasteiger partial charge on any atom is -0.465 e. The van der Waals surface area contributed by atoms with Crippen LogP contribution in [0.15, 0.2) is 12.4 Å². The van der Waals surface area contributed by atoms with E-state index in [2.05, 4.69) is 9.97 Å². The van der Waals surface area contributed by atoms with Gasteiger partial charge in [0, 0.05) is 30.9 Å². The zero-order valence-corrected chi connectivity index (χ0v) is 10.3. The molecule has 1 N–H and O–H groups in total. The van der Waals surface area contributed by atoms with E-state index in [1.165, 1.54) is 4.90 Å². The van der Waals surface area contributed by atoms with Crippen molar-refractivity contribution >= 4 is 17.7 Å². The summed E-state index contributed by atoms with van der Waals surface area (Å²) < 4.78 is 0. The van der Waals surface area contributed by atoms with E-state index >= 15 is 0 Å². The molecule has 2 rings (SSSR count). The zero-order chi connectivity index (χ0) is 12.4. The van der Waals surface area contributed by atoms with Crippen molar-refractivity contribution in [1.29, 1.82) is 0 Å². The molecule has 1 fully saturated rings. The summed E-state index contributed by atoms with van der Waals surface area (Å²) in [4.78, 5) is 20.8. The number of nitrogens with zero attached hydrogens (tertiary/aromatic N) is 3. The highest BCUT2D eigenvalue weighted by molar-refractivity contribution is 6.30. The lowest BCUT2D eigenvalue weighted by Crippen LogP contribution is -2.43. The van der Waals surface area contributed by atoms with Crippen molar-refractivity contribution in [1.82, 2.24) is 14.9 Å². The van der Waals surface area contributed by atoms with Crippen molar-refractivity contribution < 1.29 is 9.90 Å². The molecule has 0 saturated carbocycles. The van der Waals surface area contributed by atoms with Gasteiger partial charge in [-0.25, -0.2) is 14.8 Å². The topological polar surface area (TPSA) is 66.3 Å². The summed E-state index contributed by atoms with van der Waals surface area (Å²) in [5.41, 5.74) is 0. The molecule has 92 valence electrons. The molecule has 1 saturated heterocycles. The summed E-state index contributed by atoms with van der Waals surface area (Å²) in [6, 6.07) is 0.00512. The molecule has 0 aromatic carbocycles. The molecule has 0 spiro atoms. The molecule has 1 aliphatic rings. The van der Waals surface area contributed by atoms with Crippen LogP contribution in [-0.4, -0.2) is 38.7 Å². The fourth-order valence-corrected chi connectivity index (χ4v) is 2.32. The van der Waals surface area contributed by atoms with Gasteiger partial charge in [-0.3, -0.25) is 0 Å². The van der Waals surface area contributed by atoms with Crippen LogP contribution in [0.1, 0.15) is 31.5 Å². The van der Waals surface area contributed by atoms with Gasteiger partial charge in [-0.2, -0.15) is 0 Å². The van der Waals surface area contributed by atoms with Crippen molar-refractivity contribution in [2.75, 3.05) is 6.54 Å². The zero-order valence-electron chi connectivity index (χ0n) is 9.51. The molecule has 6 heteroatoms. The van der Waals surface area contributed by atoms with Crippen LogP contribution in [0.5, 0.6) is 0 Å². The summed E-state index contributed by atoms with van der Waals surface area (Å²) in [5.74, 6) is 0.976. The van der Waals surface area contributed by atoms with E-state index in [1.807, 2.05) is 6.92 Å². The van der Waals surface area contributed by atoms with E-state index in [9.17, 15) is 4.79 Å². The highest BCUT2D eigenvalue weighted by Crippen LogP contribution is 2.29. The molecule has 1 unspecified atom stereocenters. The molecule has 1 aromatic rings. The smallest absolute Gasteiger partial charge is 0.407 e. The number of carbonyl (C=O) groups is 1. The maximum atomic E-state index is 10.9. The Balaban J connectivity index is 2.06. The molecule has 1 aliphatic heterocycles. The van der Waals surface area contributed by atoms with Gasteiger partial charge in [0.05, 0.1) is 5.02 Å². The Morgan fingerprint density at radius 3 is 2.71 bits per heavy atom. The molecule has 0 aliphatic carbocycles. The lowest BCUT2D eigenvalue weighted by Gasteiger charge is -2.35. The first kappa shape index (κ1) is 12.1. The second-order valence-electron chi connectivity index (χ2n) is 4.31. The Hall–Kier alpha value is -1.36. The van der Waals surface area contributed by atoms with Gasteiger partial charge in [-0.15, -0.1) is 0 Å². The molecule has 0 bridgehead atoms. The Labute approximate surface area is 104 Å². The van der Waals surface area contributed by atoms with Gasteiger partial charge in [0.15, 0.2) is 0 Å². The Bertz CT molecular complexity index is 410. The Kier molecular flexibility index (Phi) is 3.47. The van der Waals surface area contributed by atoms with Crippen LogP contribution in [0, 0.1) is 0 Å².